The van der Waals surface area contributed by atoms with Gasteiger partial charge in [-0.2, -0.15) is 0 Å². The van der Waals surface area contributed by atoms with Gasteiger partial charge in [0.2, 0.25) is 0 Å². The van der Waals surface area contributed by atoms with E-state index in [0.717, 1.165) is 32.1 Å². The zero-order valence-electron chi connectivity index (χ0n) is 12.2. The van der Waals surface area contributed by atoms with Crippen LogP contribution in [0.4, 0.5) is 10.7 Å². The lowest BCUT2D eigenvalue weighted by molar-refractivity contribution is -0.383. The summed E-state index contributed by atoms with van der Waals surface area (Å²) in [6.07, 6.45) is 2.06. The van der Waals surface area contributed by atoms with Crippen LogP contribution < -0.4 is 4.90 Å². The van der Waals surface area contributed by atoms with E-state index >= 15 is 0 Å². The van der Waals surface area contributed by atoms with E-state index in [1.165, 1.54) is 36.8 Å². The fourth-order valence-electron chi connectivity index (χ4n) is 2.75. The summed E-state index contributed by atoms with van der Waals surface area (Å²) in [6, 6.07) is 1.52. The Hall–Kier alpha value is -1.18. The van der Waals surface area contributed by atoms with Crippen LogP contribution in [0.15, 0.2) is 6.07 Å². The van der Waals surface area contributed by atoms with Gasteiger partial charge in [-0.15, -0.1) is 11.3 Å². The summed E-state index contributed by atoms with van der Waals surface area (Å²) >= 11 is 1.35. The SMILES string of the molecule is C[C@@H](O)c1cc([N+](=O)[O-])c(N2CCN(CC3CC3)CC2)s1. The maximum atomic E-state index is 11.2. The Labute approximate surface area is 128 Å². The Morgan fingerprint density at radius 3 is 2.62 bits per heavy atom. The molecule has 0 aromatic carbocycles. The molecule has 1 aliphatic heterocycles. The van der Waals surface area contributed by atoms with Gasteiger partial charge in [0.1, 0.15) is 0 Å². The minimum atomic E-state index is -0.654. The van der Waals surface area contributed by atoms with Crippen molar-refractivity contribution in [2.24, 2.45) is 5.92 Å². The maximum absolute atomic E-state index is 11.2. The molecular formula is C14H21N3O3S. The molecule has 2 fully saturated rings. The highest BCUT2D eigenvalue weighted by molar-refractivity contribution is 7.16. The van der Waals surface area contributed by atoms with Crippen molar-refractivity contribution < 1.29 is 10.0 Å². The number of aliphatic hydroxyl groups is 1. The van der Waals surface area contributed by atoms with Crippen LogP contribution in [0, 0.1) is 16.0 Å². The van der Waals surface area contributed by atoms with Crippen molar-refractivity contribution in [3.8, 4) is 0 Å². The molecule has 1 saturated heterocycles. The molecule has 1 aliphatic carbocycles. The maximum Gasteiger partial charge on any atom is 0.304 e. The number of nitro groups is 1. The van der Waals surface area contributed by atoms with Gasteiger partial charge in [-0.05, 0) is 25.7 Å². The third-order valence-electron chi connectivity index (χ3n) is 4.19. The van der Waals surface area contributed by atoms with Crippen molar-refractivity contribution in [1.82, 2.24) is 4.90 Å². The van der Waals surface area contributed by atoms with Gasteiger partial charge in [0.05, 0.1) is 11.0 Å². The number of aliphatic hydroxyl groups excluding tert-OH is 1. The Kier molecular flexibility index (Phi) is 4.14. The smallest absolute Gasteiger partial charge is 0.304 e. The van der Waals surface area contributed by atoms with Gasteiger partial charge in [0.15, 0.2) is 5.00 Å². The molecule has 0 radical (unpaired) electrons. The van der Waals surface area contributed by atoms with Gasteiger partial charge in [-0.3, -0.25) is 15.0 Å². The van der Waals surface area contributed by atoms with Gasteiger partial charge < -0.3 is 10.0 Å². The van der Waals surface area contributed by atoms with Crippen LogP contribution in [0.3, 0.4) is 0 Å². The number of hydrogen-bond acceptors (Lipinski definition) is 6. The first-order valence-corrected chi connectivity index (χ1v) is 8.29. The van der Waals surface area contributed by atoms with Gasteiger partial charge in [0, 0.05) is 43.7 Å². The van der Waals surface area contributed by atoms with E-state index in [0.29, 0.717) is 9.88 Å². The summed E-state index contributed by atoms with van der Waals surface area (Å²) in [6.45, 7) is 6.41. The molecule has 0 unspecified atom stereocenters. The number of hydrogen-bond donors (Lipinski definition) is 1. The first-order chi connectivity index (χ1) is 10.0. The molecule has 116 valence electrons. The zero-order valence-corrected chi connectivity index (χ0v) is 13.0. The largest absolute Gasteiger partial charge is 0.388 e. The second-order valence-electron chi connectivity index (χ2n) is 6.00. The molecule has 21 heavy (non-hydrogen) atoms. The van der Waals surface area contributed by atoms with E-state index < -0.39 is 6.10 Å². The fourth-order valence-corrected chi connectivity index (χ4v) is 3.87. The Bertz CT molecular complexity index is 520. The first kappa shape index (κ1) is 14.7. The molecule has 1 atom stereocenters. The number of nitrogens with zero attached hydrogens (tertiary/aromatic N) is 3. The second kappa shape index (κ2) is 5.90. The first-order valence-electron chi connectivity index (χ1n) is 7.48. The molecule has 1 aromatic heterocycles. The third kappa shape index (κ3) is 3.36. The summed E-state index contributed by atoms with van der Waals surface area (Å²) in [5.74, 6) is 0.884. The number of rotatable bonds is 5. The van der Waals surface area contributed by atoms with Crippen LogP contribution in [0.2, 0.25) is 0 Å². The van der Waals surface area contributed by atoms with Gasteiger partial charge in [-0.1, -0.05) is 0 Å². The van der Waals surface area contributed by atoms with Crippen molar-refractivity contribution >= 4 is 22.0 Å². The van der Waals surface area contributed by atoms with E-state index in [2.05, 4.69) is 9.80 Å². The standard InChI is InChI=1S/C14H21N3O3S/c1-10(18)13-8-12(17(19)20)14(21-13)16-6-4-15(5-7-16)9-11-2-3-11/h8,10-11,18H,2-7,9H2,1H3/t10-/m1/s1. The average Bonchev–Trinajstić information content (AvgIpc) is 3.14. The summed E-state index contributed by atoms with van der Waals surface area (Å²) in [5.41, 5.74) is 0.131. The quantitative estimate of drug-likeness (QED) is 0.667. The van der Waals surface area contributed by atoms with Gasteiger partial charge >= 0.3 is 5.69 Å². The highest BCUT2D eigenvalue weighted by Gasteiger charge is 2.30. The second-order valence-corrected chi connectivity index (χ2v) is 7.07. The molecule has 2 heterocycles. The van der Waals surface area contributed by atoms with Crippen LogP contribution in [-0.2, 0) is 0 Å². The van der Waals surface area contributed by atoms with Crippen molar-refractivity contribution in [2.75, 3.05) is 37.6 Å². The normalized spacial score (nSPS) is 21.5. The summed E-state index contributed by atoms with van der Waals surface area (Å²) in [7, 11) is 0. The average molecular weight is 311 g/mol. The van der Waals surface area contributed by atoms with Crippen LogP contribution in [0.25, 0.3) is 0 Å². The van der Waals surface area contributed by atoms with Crippen molar-refractivity contribution in [1.29, 1.82) is 0 Å². The predicted molar refractivity (Wildman–Crippen MR) is 83.0 cm³/mol. The number of anilines is 1. The minimum Gasteiger partial charge on any atom is -0.388 e. The minimum absolute atomic E-state index is 0.131. The van der Waals surface area contributed by atoms with E-state index in [9.17, 15) is 15.2 Å². The lowest BCUT2D eigenvalue weighted by Crippen LogP contribution is -2.46. The molecule has 1 aromatic rings. The van der Waals surface area contributed by atoms with Crippen molar-refractivity contribution in [2.45, 2.75) is 25.9 Å². The number of thiophene rings is 1. The Morgan fingerprint density at radius 1 is 1.43 bits per heavy atom. The molecule has 3 rings (SSSR count). The van der Waals surface area contributed by atoms with Crippen LogP contribution in [0.5, 0.6) is 0 Å². The molecule has 2 aliphatic rings. The zero-order chi connectivity index (χ0) is 15.0. The topological polar surface area (TPSA) is 69.8 Å². The monoisotopic (exact) mass is 311 g/mol. The molecule has 6 nitrogen and oxygen atoms in total. The van der Waals surface area contributed by atoms with E-state index in [1.54, 1.807) is 6.92 Å². The highest BCUT2D eigenvalue weighted by atomic mass is 32.1. The van der Waals surface area contributed by atoms with Crippen molar-refractivity contribution in [3.63, 3.8) is 0 Å². The summed E-state index contributed by atoms with van der Waals surface area (Å²) < 4.78 is 0. The predicted octanol–water partition coefficient (Wildman–Crippen LogP) is 2.24. The van der Waals surface area contributed by atoms with E-state index in [-0.39, 0.29) is 10.6 Å². The van der Waals surface area contributed by atoms with Gasteiger partial charge in [0.25, 0.3) is 0 Å². The molecule has 7 heteroatoms. The lowest BCUT2D eigenvalue weighted by atomic mass is 10.2. The van der Waals surface area contributed by atoms with Crippen LogP contribution >= 0.6 is 11.3 Å². The Morgan fingerprint density at radius 2 is 2.10 bits per heavy atom. The van der Waals surface area contributed by atoms with Gasteiger partial charge in [-0.25, -0.2) is 0 Å². The number of piperazine rings is 1. The summed E-state index contributed by atoms with van der Waals surface area (Å²) in [5, 5.41) is 21.6. The van der Waals surface area contributed by atoms with Crippen LogP contribution in [0.1, 0.15) is 30.7 Å². The van der Waals surface area contributed by atoms with Crippen molar-refractivity contribution in [3.05, 3.63) is 21.1 Å². The molecule has 0 amide bonds. The Balaban J connectivity index is 1.69. The lowest BCUT2D eigenvalue weighted by Gasteiger charge is -2.35. The van der Waals surface area contributed by atoms with E-state index in [1.807, 2.05) is 0 Å². The summed E-state index contributed by atoms with van der Waals surface area (Å²) in [4.78, 5) is 16.1. The molecule has 0 bridgehead atoms. The third-order valence-corrected chi connectivity index (χ3v) is 5.55. The fraction of sp³-hybridized carbons (Fsp3) is 0.714. The highest BCUT2D eigenvalue weighted by Crippen LogP contribution is 2.40. The molecule has 1 N–H and O–H groups in total. The molecule has 0 spiro atoms. The van der Waals surface area contributed by atoms with E-state index in [4.69, 9.17) is 0 Å². The molecular weight excluding hydrogens is 290 g/mol. The molecule has 1 saturated carbocycles. The van der Waals surface area contributed by atoms with Crippen LogP contribution in [-0.4, -0.2) is 47.7 Å².